The second-order valence-electron chi connectivity index (χ2n) is 6.49. The van der Waals surface area contributed by atoms with Crippen LogP contribution >= 0.6 is 12.0 Å². The van der Waals surface area contributed by atoms with E-state index in [1.54, 1.807) is 6.07 Å². The SMILES string of the molecule is CCCCCCCCCCCCc1ccc(S(=O)(=O)O)cc1SOOC. The first-order chi connectivity index (χ1) is 12.5. The molecule has 0 unspecified atom stereocenters. The summed E-state index contributed by atoms with van der Waals surface area (Å²) in [5.41, 5.74) is 0.999. The van der Waals surface area contributed by atoms with Crippen LogP contribution in [0.4, 0.5) is 0 Å². The smallest absolute Gasteiger partial charge is 0.282 e. The molecule has 7 heteroatoms. The van der Waals surface area contributed by atoms with Gasteiger partial charge in [0.05, 0.1) is 24.0 Å². The zero-order chi connectivity index (χ0) is 19.3. The number of benzene rings is 1. The van der Waals surface area contributed by atoms with Crippen LogP contribution in [-0.4, -0.2) is 20.1 Å². The Morgan fingerprint density at radius 3 is 2.08 bits per heavy atom. The highest BCUT2D eigenvalue weighted by Crippen LogP contribution is 2.28. The van der Waals surface area contributed by atoms with Crippen LogP contribution in [0.3, 0.4) is 0 Å². The fourth-order valence-electron chi connectivity index (χ4n) is 2.85. The fraction of sp³-hybridized carbons (Fsp3) is 0.684. The van der Waals surface area contributed by atoms with Gasteiger partial charge in [-0.05, 0) is 30.5 Å². The molecule has 0 saturated heterocycles. The molecular weight excluding hydrogens is 372 g/mol. The third-order valence-electron chi connectivity index (χ3n) is 4.33. The van der Waals surface area contributed by atoms with Crippen LogP contribution < -0.4 is 0 Å². The molecule has 1 N–H and O–H groups in total. The van der Waals surface area contributed by atoms with Gasteiger partial charge in [-0.25, -0.2) is 4.89 Å². The van der Waals surface area contributed by atoms with E-state index in [0.717, 1.165) is 36.9 Å². The zero-order valence-corrected chi connectivity index (χ0v) is 17.5. The Bertz CT molecular complexity index is 602. The first-order valence-corrected chi connectivity index (χ1v) is 11.6. The van der Waals surface area contributed by atoms with Crippen molar-refractivity contribution >= 4 is 22.2 Å². The van der Waals surface area contributed by atoms with E-state index in [1.807, 2.05) is 0 Å². The molecule has 0 aliphatic carbocycles. The van der Waals surface area contributed by atoms with Crippen molar-refractivity contribution in [2.24, 2.45) is 0 Å². The largest absolute Gasteiger partial charge is 0.294 e. The van der Waals surface area contributed by atoms with Crippen LogP contribution in [0.1, 0.15) is 76.7 Å². The van der Waals surface area contributed by atoms with Crippen LogP contribution in [-0.2, 0) is 25.8 Å². The summed E-state index contributed by atoms with van der Waals surface area (Å²) in [4.78, 5) is 5.10. The van der Waals surface area contributed by atoms with Crippen molar-refractivity contribution in [2.45, 2.75) is 87.3 Å². The lowest BCUT2D eigenvalue weighted by molar-refractivity contribution is -0.160. The van der Waals surface area contributed by atoms with E-state index in [2.05, 4.69) is 11.8 Å². The Morgan fingerprint density at radius 1 is 0.962 bits per heavy atom. The zero-order valence-electron chi connectivity index (χ0n) is 15.9. The van der Waals surface area contributed by atoms with E-state index in [0.29, 0.717) is 4.90 Å². The minimum absolute atomic E-state index is 0.133. The van der Waals surface area contributed by atoms with Gasteiger partial charge in [0.25, 0.3) is 10.1 Å². The lowest BCUT2D eigenvalue weighted by Crippen LogP contribution is -2.00. The van der Waals surface area contributed by atoms with E-state index < -0.39 is 10.1 Å². The topological polar surface area (TPSA) is 72.8 Å². The van der Waals surface area contributed by atoms with Crippen molar-refractivity contribution in [3.63, 3.8) is 0 Å². The molecule has 0 heterocycles. The Morgan fingerprint density at radius 2 is 1.54 bits per heavy atom. The van der Waals surface area contributed by atoms with Crippen LogP contribution in [0.2, 0.25) is 0 Å². The van der Waals surface area contributed by atoms with E-state index in [1.165, 1.54) is 70.6 Å². The number of unbranched alkanes of at least 4 members (excludes halogenated alkanes) is 9. The molecule has 5 nitrogen and oxygen atoms in total. The van der Waals surface area contributed by atoms with Gasteiger partial charge in [0.1, 0.15) is 0 Å². The first-order valence-electron chi connectivity index (χ1n) is 9.46. The normalized spacial score (nSPS) is 11.8. The molecule has 0 spiro atoms. The molecule has 0 radical (unpaired) electrons. The Kier molecular flexibility index (Phi) is 12.2. The molecule has 0 atom stereocenters. The van der Waals surface area contributed by atoms with Gasteiger partial charge >= 0.3 is 0 Å². The molecule has 0 aliphatic rings. The second kappa shape index (κ2) is 13.6. The third-order valence-corrected chi connectivity index (χ3v) is 5.94. The minimum Gasteiger partial charge on any atom is -0.282 e. The van der Waals surface area contributed by atoms with E-state index in [4.69, 9.17) is 4.33 Å². The van der Waals surface area contributed by atoms with Crippen LogP contribution in [0, 0.1) is 0 Å². The maximum atomic E-state index is 11.3. The molecular formula is C19H32O5S2. The van der Waals surface area contributed by atoms with Gasteiger partial charge in [-0.1, -0.05) is 70.8 Å². The summed E-state index contributed by atoms with van der Waals surface area (Å²) in [7, 11) is -2.83. The summed E-state index contributed by atoms with van der Waals surface area (Å²) >= 11 is 0.961. The average Bonchev–Trinajstić information content (AvgIpc) is 2.61. The summed E-state index contributed by atoms with van der Waals surface area (Å²) in [5, 5.41) is 0. The molecule has 0 amide bonds. The molecule has 1 aromatic rings. The lowest BCUT2D eigenvalue weighted by Gasteiger charge is -2.09. The van der Waals surface area contributed by atoms with Crippen molar-refractivity contribution in [2.75, 3.05) is 7.11 Å². The van der Waals surface area contributed by atoms with Crippen molar-refractivity contribution in [1.82, 2.24) is 0 Å². The average molecular weight is 405 g/mol. The predicted molar refractivity (Wildman–Crippen MR) is 106 cm³/mol. The summed E-state index contributed by atoms with van der Waals surface area (Å²) in [5.74, 6) is 0. The van der Waals surface area contributed by atoms with Crippen LogP contribution in [0.15, 0.2) is 28.0 Å². The monoisotopic (exact) mass is 404 g/mol. The molecule has 1 aromatic carbocycles. The lowest BCUT2D eigenvalue weighted by atomic mass is 10.0. The van der Waals surface area contributed by atoms with Gasteiger partial charge in [0.15, 0.2) is 0 Å². The van der Waals surface area contributed by atoms with Gasteiger partial charge in [-0.15, -0.1) is 0 Å². The van der Waals surface area contributed by atoms with Gasteiger partial charge < -0.3 is 0 Å². The highest BCUT2D eigenvalue weighted by Gasteiger charge is 2.14. The van der Waals surface area contributed by atoms with Gasteiger partial charge in [0.2, 0.25) is 0 Å². The van der Waals surface area contributed by atoms with Crippen molar-refractivity contribution < 1.29 is 22.2 Å². The third kappa shape index (κ3) is 9.92. The Labute approximate surface area is 162 Å². The predicted octanol–water partition coefficient (Wildman–Crippen LogP) is 5.98. The standard InChI is InChI=1S/C19H32O5S2/c1-3-4-5-6-7-8-9-10-11-12-13-17-14-15-18(26(20,21)22)16-19(17)25-24-23-2/h14-16H,3-13H2,1-2H3,(H,20,21,22). The Hall–Kier alpha value is -0.600. The quantitative estimate of drug-likeness (QED) is 0.127. The molecule has 150 valence electrons. The number of rotatable bonds is 15. The van der Waals surface area contributed by atoms with Gasteiger partial charge in [-0.3, -0.25) is 4.55 Å². The molecule has 0 aromatic heterocycles. The maximum Gasteiger partial charge on any atom is 0.294 e. The van der Waals surface area contributed by atoms with Crippen LogP contribution in [0.5, 0.6) is 0 Å². The second-order valence-corrected chi connectivity index (χ2v) is 8.66. The highest BCUT2D eigenvalue weighted by atomic mass is 32.2. The molecule has 0 fully saturated rings. The molecule has 26 heavy (non-hydrogen) atoms. The maximum absolute atomic E-state index is 11.3. The molecule has 0 bridgehead atoms. The van der Waals surface area contributed by atoms with E-state index >= 15 is 0 Å². The summed E-state index contributed by atoms with van der Waals surface area (Å²) < 4.78 is 36.6. The molecule has 0 saturated carbocycles. The first kappa shape index (κ1) is 23.4. The Balaban J connectivity index is 2.37. The summed E-state index contributed by atoms with van der Waals surface area (Å²) in [6.07, 6.45) is 13.6. The van der Waals surface area contributed by atoms with Crippen molar-refractivity contribution in [3.05, 3.63) is 23.8 Å². The summed E-state index contributed by atoms with van der Waals surface area (Å²) in [6, 6.07) is 4.58. The minimum atomic E-state index is -4.22. The fourth-order valence-corrected chi connectivity index (χ4v) is 4.03. The van der Waals surface area contributed by atoms with Gasteiger partial charge in [0, 0.05) is 4.90 Å². The number of hydrogen-bond acceptors (Lipinski definition) is 5. The molecule has 0 aliphatic heterocycles. The summed E-state index contributed by atoms with van der Waals surface area (Å²) in [6.45, 7) is 2.24. The van der Waals surface area contributed by atoms with Crippen molar-refractivity contribution in [3.8, 4) is 0 Å². The highest BCUT2D eigenvalue weighted by molar-refractivity contribution is 7.94. The van der Waals surface area contributed by atoms with E-state index in [-0.39, 0.29) is 4.90 Å². The number of hydrogen-bond donors (Lipinski definition) is 1. The van der Waals surface area contributed by atoms with Gasteiger partial charge in [-0.2, -0.15) is 12.8 Å². The molecule has 1 rings (SSSR count). The van der Waals surface area contributed by atoms with Crippen molar-refractivity contribution in [1.29, 1.82) is 0 Å². The van der Waals surface area contributed by atoms with E-state index in [9.17, 15) is 13.0 Å². The van der Waals surface area contributed by atoms with Crippen LogP contribution in [0.25, 0.3) is 0 Å². The number of aryl methyl sites for hydroxylation is 1.